The smallest absolute Gasteiger partial charge is 0.0701 e. The Balaban J connectivity index is 1.64. The summed E-state index contributed by atoms with van der Waals surface area (Å²) in [5, 5.41) is 3.25. The molecule has 5 heteroatoms. The van der Waals surface area contributed by atoms with Gasteiger partial charge in [0.2, 0.25) is 0 Å². The highest BCUT2D eigenvalue weighted by molar-refractivity contribution is 4.73. The third-order valence-electron chi connectivity index (χ3n) is 2.71. The minimum atomic E-state index is 0.622. The fourth-order valence-corrected chi connectivity index (χ4v) is 1.49. The molecule has 0 spiro atoms. The second-order valence-electron chi connectivity index (χ2n) is 4.14. The van der Waals surface area contributed by atoms with E-state index in [2.05, 4.69) is 5.32 Å². The van der Waals surface area contributed by atoms with Gasteiger partial charge in [-0.2, -0.15) is 0 Å². The maximum atomic E-state index is 5.47. The van der Waals surface area contributed by atoms with Crippen molar-refractivity contribution in [3.8, 4) is 0 Å². The van der Waals surface area contributed by atoms with E-state index in [9.17, 15) is 0 Å². The minimum Gasteiger partial charge on any atom is -0.382 e. The van der Waals surface area contributed by atoms with Gasteiger partial charge < -0.3 is 24.3 Å². The van der Waals surface area contributed by atoms with E-state index in [-0.39, 0.29) is 0 Å². The zero-order valence-electron chi connectivity index (χ0n) is 10.8. The number of rotatable bonds is 12. The van der Waals surface area contributed by atoms with E-state index in [0.29, 0.717) is 39.6 Å². The van der Waals surface area contributed by atoms with Gasteiger partial charge >= 0.3 is 0 Å². The molecule has 102 valence electrons. The average molecular weight is 247 g/mol. The molecule has 1 rings (SSSR count). The maximum Gasteiger partial charge on any atom is 0.0701 e. The van der Waals surface area contributed by atoms with Crippen LogP contribution in [0.4, 0.5) is 0 Å². The summed E-state index contributed by atoms with van der Waals surface area (Å²) in [4.78, 5) is 0. The molecule has 0 unspecified atom stereocenters. The van der Waals surface area contributed by atoms with Gasteiger partial charge in [-0.25, -0.2) is 0 Å². The fraction of sp³-hybridized carbons (Fsp3) is 1.00. The Bertz CT molecular complexity index is 165. The lowest BCUT2D eigenvalue weighted by molar-refractivity contribution is 0.00146. The fourth-order valence-electron chi connectivity index (χ4n) is 1.49. The van der Waals surface area contributed by atoms with Crippen molar-refractivity contribution >= 4 is 0 Å². The van der Waals surface area contributed by atoms with Crippen LogP contribution >= 0.6 is 0 Å². The third kappa shape index (κ3) is 8.51. The molecule has 1 aliphatic rings. The Labute approximate surface area is 104 Å². The molecule has 1 fully saturated rings. The van der Waals surface area contributed by atoms with Crippen LogP contribution < -0.4 is 5.32 Å². The van der Waals surface area contributed by atoms with Crippen molar-refractivity contribution in [3.63, 3.8) is 0 Å². The number of hydrogen-bond donors (Lipinski definition) is 1. The summed E-state index contributed by atoms with van der Waals surface area (Å²) in [6.45, 7) is 6.99. The molecule has 0 atom stereocenters. The highest BCUT2D eigenvalue weighted by Crippen LogP contribution is 2.07. The normalized spacial score (nSPS) is 16.1. The third-order valence-corrected chi connectivity index (χ3v) is 2.71. The van der Waals surface area contributed by atoms with E-state index in [4.69, 9.17) is 18.9 Å². The Morgan fingerprint density at radius 2 is 1.35 bits per heavy atom. The number of methoxy groups -OCH3 is 1. The van der Waals surface area contributed by atoms with Crippen molar-refractivity contribution < 1.29 is 18.9 Å². The second-order valence-corrected chi connectivity index (χ2v) is 4.14. The van der Waals surface area contributed by atoms with Gasteiger partial charge in [-0.05, 0) is 25.4 Å². The van der Waals surface area contributed by atoms with Gasteiger partial charge in [0.25, 0.3) is 0 Å². The molecular formula is C12H25NO4. The minimum absolute atomic E-state index is 0.622. The number of nitrogens with one attached hydrogen (secondary N) is 1. The summed E-state index contributed by atoms with van der Waals surface area (Å²) >= 11 is 0. The Kier molecular flexibility index (Phi) is 9.55. The van der Waals surface area contributed by atoms with Crippen molar-refractivity contribution in [2.75, 3.05) is 66.4 Å². The molecule has 0 aliphatic carbocycles. The Morgan fingerprint density at radius 1 is 0.824 bits per heavy atom. The van der Waals surface area contributed by atoms with Crippen molar-refractivity contribution in [1.82, 2.24) is 5.32 Å². The van der Waals surface area contributed by atoms with E-state index in [0.717, 1.165) is 32.0 Å². The van der Waals surface area contributed by atoms with Crippen molar-refractivity contribution in [3.05, 3.63) is 0 Å². The summed E-state index contributed by atoms with van der Waals surface area (Å²) in [5.41, 5.74) is 0. The van der Waals surface area contributed by atoms with Crippen LogP contribution in [0.2, 0.25) is 0 Å². The molecule has 0 aromatic carbocycles. The van der Waals surface area contributed by atoms with Crippen LogP contribution in [0.5, 0.6) is 0 Å². The first kappa shape index (κ1) is 14.9. The SMILES string of the molecule is COCCOCCOCCOCCC1CNC1. The quantitative estimate of drug-likeness (QED) is 0.502. The molecule has 0 radical (unpaired) electrons. The van der Waals surface area contributed by atoms with E-state index in [1.54, 1.807) is 7.11 Å². The second kappa shape index (κ2) is 10.9. The molecule has 0 saturated carbocycles. The first-order chi connectivity index (χ1) is 8.43. The molecule has 1 N–H and O–H groups in total. The predicted molar refractivity (Wildman–Crippen MR) is 65.3 cm³/mol. The van der Waals surface area contributed by atoms with Gasteiger partial charge in [-0.3, -0.25) is 0 Å². The molecule has 1 heterocycles. The molecule has 0 aromatic heterocycles. The first-order valence-corrected chi connectivity index (χ1v) is 6.36. The van der Waals surface area contributed by atoms with Gasteiger partial charge in [-0.1, -0.05) is 0 Å². The summed E-state index contributed by atoms with van der Waals surface area (Å²) in [6.07, 6.45) is 1.16. The van der Waals surface area contributed by atoms with Crippen LogP contribution in [-0.4, -0.2) is 66.4 Å². The van der Waals surface area contributed by atoms with Crippen LogP contribution in [-0.2, 0) is 18.9 Å². The Morgan fingerprint density at radius 3 is 1.82 bits per heavy atom. The van der Waals surface area contributed by atoms with E-state index >= 15 is 0 Å². The van der Waals surface area contributed by atoms with E-state index in [1.807, 2.05) is 0 Å². The summed E-state index contributed by atoms with van der Waals surface area (Å²) in [7, 11) is 1.66. The Hall–Kier alpha value is -0.200. The van der Waals surface area contributed by atoms with Gasteiger partial charge in [0.05, 0.1) is 39.6 Å². The van der Waals surface area contributed by atoms with Crippen LogP contribution in [0.1, 0.15) is 6.42 Å². The first-order valence-electron chi connectivity index (χ1n) is 6.36. The number of ether oxygens (including phenoxy) is 4. The van der Waals surface area contributed by atoms with Crippen LogP contribution in [0.3, 0.4) is 0 Å². The van der Waals surface area contributed by atoms with E-state index in [1.165, 1.54) is 0 Å². The molecule has 0 aromatic rings. The molecular weight excluding hydrogens is 222 g/mol. The lowest BCUT2D eigenvalue weighted by atomic mass is 10.0. The highest BCUT2D eigenvalue weighted by atomic mass is 16.6. The molecule has 0 amide bonds. The van der Waals surface area contributed by atoms with Gasteiger partial charge in [0, 0.05) is 13.7 Å². The topological polar surface area (TPSA) is 49.0 Å². The standard InChI is InChI=1S/C12H25NO4/c1-14-4-5-16-8-9-17-7-6-15-3-2-12-10-13-11-12/h12-13H,2-11H2,1H3. The van der Waals surface area contributed by atoms with Gasteiger partial charge in [-0.15, -0.1) is 0 Å². The predicted octanol–water partition coefficient (Wildman–Crippen LogP) is 0.292. The lowest BCUT2D eigenvalue weighted by Crippen LogP contribution is -2.42. The highest BCUT2D eigenvalue weighted by Gasteiger charge is 2.15. The average Bonchev–Trinajstić information content (AvgIpc) is 2.28. The van der Waals surface area contributed by atoms with Gasteiger partial charge in [0.1, 0.15) is 0 Å². The van der Waals surface area contributed by atoms with Crippen LogP contribution in [0, 0.1) is 5.92 Å². The zero-order chi connectivity index (χ0) is 12.2. The summed E-state index contributed by atoms with van der Waals surface area (Å²) < 4.78 is 20.9. The molecule has 17 heavy (non-hydrogen) atoms. The largest absolute Gasteiger partial charge is 0.382 e. The van der Waals surface area contributed by atoms with Crippen LogP contribution in [0.25, 0.3) is 0 Å². The van der Waals surface area contributed by atoms with Crippen LogP contribution in [0.15, 0.2) is 0 Å². The maximum absolute atomic E-state index is 5.47. The van der Waals surface area contributed by atoms with Crippen molar-refractivity contribution in [2.45, 2.75) is 6.42 Å². The molecule has 0 bridgehead atoms. The van der Waals surface area contributed by atoms with Gasteiger partial charge in [0.15, 0.2) is 0 Å². The zero-order valence-corrected chi connectivity index (χ0v) is 10.8. The monoisotopic (exact) mass is 247 g/mol. The van der Waals surface area contributed by atoms with Crippen molar-refractivity contribution in [1.29, 1.82) is 0 Å². The summed E-state index contributed by atoms with van der Waals surface area (Å²) in [5.74, 6) is 0.824. The molecule has 1 saturated heterocycles. The molecule has 1 aliphatic heterocycles. The number of hydrogen-bond acceptors (Lipinski definition) is 5. The van der Waals surface area contributed by atoms with Crippen molar-refractivity contribution in [2.24, 2.45) is 5.92 Å². The molecule has 5 nitrogen and oxygen atoms in total. The lowest BCUT2D eigenvalue weighted by Gasteiger charge is -2.26. The van der Waals surface area contributed by atoms with E-state index < -0.39 is 0 Å². The summed E-state index contributed by atoms with van der Waals surface area (Å²) in [6, 6.07) is 0.